The van der Waals surface area contributed by atoms with Gasteiger partial charge >= 0.3 is 0 Å². The first-order chi connectivity index (χ1) is 9.79. The average Bonchev–Trinajstić information content (AvgIpc) is 2.85. The van der Waals surface area contributed by atoms with Crippen molar-refractivity contribution in [3.63, 3.8) is 0 Å². The van der Waals surface area contributed by atoms with Crippen LogP contribution >= 0.6 is 11.6 Å². The van der Waals surface area contributed by atoms with E-state index < -0.39 is 9.84 Å². The number of fused-ring (bicyclic) bond motifs is 1. The lowest BCUT2D eigenvalue weighted by molar-refractivity contribution is 0.324. The Kier molecular flexibility index (Phi) is 3.37. The number of nitrogens with zero attached hydrogens (tertiary/aromatic N) is 2. The van der Waals surface area contributed by atoms with E-state index in [1.54, 1.807) is 12.4 Å². The zero-order valence-corrected chi connectivity index (χ0v) is 13.5. The molecule has 1 aromatic heterocycles. The number of hydrogen-bond acceptors (Lipinski definition) is 3. The van der Waals surface area contributed by atoms with Crippen LogP contribution in [0.15, 0.2) is 40.7 Å². The molecule has 2 unspecified atom stereocenters. The Labute approximate surface area is 129 Å². The number of aromatic nitrogens is 2. The molecule has 2 atom stereocenters. The van der Waals surface area contributed by atoms with Gasteiger partial charge in [-0.3, -0.25) is 0 Å². The third kappa shape index (κ3) is 2.60. The summed E-state index contributed by atoms with van der Waals surface area (Å²) >= 11 is 6.26. The summed E-state index contributed by atoms with van der Waals surface area (Å²) in [5, 5.41) is 0.790. The fourth-order valence-electron chi connectivity index (χ4n) is 3.03. The Bertz CT molecular complexity index is 773. The molecule has 0 saturated carbocycles. The molecule has 0 N–H and O–H groups in total. The molecule has 0 bridgehead atoms. The third-order valence-corrected chi connectivity index (χ3v) is 5.74. The first-order valence-corrected chi connectivity index (χ1v) is 9.04. The number of allylic oxidation sites excluding steroid dienone is 4. The van der Waals surface area contributed by atoms with E-state index >= 15 is 0 Å². The number of rotatable bonds is 2. The highest BCUT2D eigenvalue weighted by atomic mass is 35.5. The van der Waals surface area contributed by atoms with Crippen molar-refractivity contribution in [1.29, 1.82) is 0 Å². The van der Waals surface area contributed by atoms with Gasteiger partial charge in [0.1, 0.15) is 0 Å². The van der Waals surface area contributed by atoms with E-state index in [9.17, 15) is 8.42 Å². The second-order valence-electron chi connectivity index (χ2n) is 5.98. The fraction of sp³-hybridized carbons (Fsp3) is 0.400. The first kappa shape index (κ1) is 14.6. The van der Waals surface area contributed by atoms with Gasteiger partial charge in [-0.05, 0) is 24.3 Å². The minimum Gasteiger partial charge on any atom is -0.309 e. The van der Waals surface area contributed by atoms with Crippen molar-refractivity contribution in [3.05, 3.63) is 46.4 Å². The zero-order valence-electron chi connectivity index (χ0n) is 12.0. The molecule has 0 spiro atoms. The van der Waals surface area contributed by atoms with Crippen LogP contribution < -0.4 is 0 Å². The van der Waals surface area contributed by atoms with E-state index in [0.29, 0.717) is 11.3 Å². The predicted octanol–water partition coefficient (Wildman–Crippen LogP) is 3.30. The van der Waals surface area contributed by atoms with Crippen LogP contribution in [-0.4, -0.2) is 24.2 Å². The molecule has 2 aliphatic rings. The molecule has 112 valence electrons. The van der Waals surface area contributed by atoms with Crippen LogP contribution in [0.5, 0.6) is 0 Å². The quantitative estimate of drug-likeness (QED) is 0.838. The standard InChI is InChI=1S/C15H17ClN2O2S/c1-15(5-3-12(4-6-15)21(2,19)20)13-7-11(16)9-18-10-17-8-14(13)18/h3-5,8-10,13H,6-7H2,1-2H3. The van der Waals surface area contributed by atoms with Crippen LogP contribution in [-0.2, 0) is 9.84 Å². The molecule has 3 rings (SSSR count). The van der Waals surface area contributed by atoms with Gasteiger partial charge in [0.05, 0.1) is 11.2 Å². The number of hydrogen-bond donors (Lipinski definition) is 0. The van der Waals surface area contributed by atoms with E-state index in [1.807, 2.05) is 29.1 Å². The Hall–Kier alpha value is -1.33. The summed E-state index contributed by atoms with van der Waals surface area (Å²) in [5.74, 6) is 0.186. The van der Waals surface area contributed by atoms with E-state index in [2.05, 4.69) is 11.9 Å². The maximum absolute atomic E-state index is 11.6. The first-order valence-electron chi connectivity index (χ1n) is 6.77. The summed E-state index contributed by atoms with van der Waals surface area (Å²) in [7, 11) is -3.15. The summed E-state index contributed by atoms with van der Waals surface area (Å²) in [5.41, 5.74) is 0.947. The number of sulfone groups is 1. The van der Waals surface area contributed by atoms with Gasteiger partial charge in [-0.25, -0.2) is 13.4 Å². The molecule has 0 fully saturated rings. The smallest absolute Gasteiger partial charge is 0.175 e. The highest BCUT2D eigenvalue weighted by Crippen LogP contribution is 2.48. The predicted molar refractivity (Wildman–Crippen MR) is 84.5 cm³/mol. The zero-order chi connectivity index (χ0) is 15.3. The van der Waals surface area contributed by atoms with Crippen molar-refractivity contribution in [2.75, 3.05) is 6.26 Å². The van der Waals surface area contributed by atoms with Gasteiger partial charge < -0.3 is 4.57 Å². The van der Waals surface area contributed by atoms with E-state index in [0.717, 1.165) is 17.1 Å². The van der Waals surface area contributed by atoms with Gasteiger partial charge in [-0.2, -0.15) is 0 Å². The second-order valence-corrected chi connectivity index (χ2v) is 8.48. The summed E-state index contributed by atoms with van der Waals surface area (Å²) in [6.07, 6.45) is 13.7. The number of imidazole rings is 1. The molecule has 21 heavy (non-hydrogen) atoms. The summed E-state index contributed by atoms with van der Waals surface area (Å²) in [6, 6.07) is 0. The summed E-state index contributed by atoms with van der Waals surface area (Å²) in [6.45, 7) is 2.14. The van der Waals surface area contributed by atoms with Crippen molar-refractivity contribution in [2.45, 2.75) is 25.7 Å². The molecule has 0 amide bonds. The second kappa shape index (κ2) is 4.85. The fourth-order valence-corrected chi connectivity index (χ4v) is 3.99. The highest BCUT2D eigenvalue weighted by molar-refractivity contribution is 7.94. The van der Waals surface area contributed by atoms with Crippen molar-refractivity contribution < 1.29 is 8.42 Å². The van der Waals surface area contributed by atoms with Crippen LogP contribution in [0.2, 0.25) is 0 Å². The molecule has 4 nitrogen and oxygen atoms in total. The average molecular weight is 325 g/mol. The van der Waals surface area contributed by atoms with E-state index in [4.69, 9.17) is 11.6 Å². The van der Waals surface area contributed by atoms with Crippen LogP contribution in [0.4, 0.5) is 0 Å². The largest absolute Gasteiger partial charge is 0.309 e. The lowest BCUT2D eigenvalue weighted by Gasteiger charge is -2.38. The molecular weight excluding hydrogens is 308 g/mol. The SMILES string of the molecule is CC1(C2CC(Cl)=Cn3cncc32)C=CC(S(C)(=O)=O)=CC1. The van der Waals surface area contributed by atoms with Gasteiger partial charge in [0, 0.05) is 35.3 Å². The molecule has 0 aromatic carbocycles. The van der Waals surface area contributed by atoms with Gasteiger partial charge in [-0.1, -0.05) is 30.7 Å². The minimum atomic E-state index is -3.15. The van der Waals surface area contributed by atoms with Crippen LogP contribution in [0.3, 0.4) is 0 Å². The molecule has 1 aliphatic heterocycles. The Morgan fingerprint density at radius 2 is 2.24 bits per heavy atom. The van der Waals surface area contributed by atoms with Gasteiger partial charge in [0.2, 0.25) is 0 Å². The van der Waals surface area contributed by atoms with E-state index in [1.165, 1.54) is 6.26 Å². The molecule has 2 heterocycles. The van der Waals surface area contributed by atoms with Crippen LogP contribution in [0.25, 0.3) is 6.20 Å². The lowest BCUT2D eigenvalue weighted by atomic mass is 9.69. The van der Waals surface area contributed by atoms with Gasteiger partial charge in [0.25, 0.3) is 0 Å². The maximum Gasteiger partial charge on any atom is 0.175 e. The molecule has 0 saturated heterocycles. The van der Waals surface area contributed by atoms with Crippen molar-refractivity contribution in [2.24, 2.45) is 5.41 Å². The van der Waals surface area contributed by atoms with Crippen LogP contribution in [0.1, 0.15) is 31.4 Å². The minimum absolute atomic E-state index is 0.166. The summed E-state index contributed by atoms with van der Waals surface area (Å²) in [4.78, 5) is 4.59. The topological polar surface area (TPSA) is 52.0 Å². The number of halogens is 1. The molecule has 6 heteroatoms. The Morgan fingerprint density at radius 1 is 1.48 bits per heavy atom. The normalized spacial score (nSPS) is 28.8. The van der Waals surface area contributed by atoms with Crippen molar-refractivity contribution >= 4 is 27.6 Å². The van der Waals surface area contributed by atoms with E-state index in [-0.39, 0.29) is 11.3 Å². The monoisotopic (exact) mass is 324 g/mol. The Balaban J connectivity index is 1.95. The molecule has 1 aromatic rings. The highest BCUT2D eigenvalue weighted by Gasteiger charge is 2.38. The lowest BCUT2D eigenvalue weighted by Crippen LogP contribution is -2.28. The third-order valence-electron chi connectivity index (χ3n) is 4.33. The van der Waals surface area contributed by atoms with Gasteiger partial charge in [-0.15, -0.1) is 0 Å². The summed E-state index contributed by atoms with van der Waals surface area (Å²) < 4.78 is 25.2. The van der Waals surface area contributed by atoms with Crippen LogP contribution in [0, 0.1) is 5.41 Å². The van der Waals surface area contributed by atoms with Gasteiger partial charge in [0.15, 0.2) is 9.84 Å². The van der Waals surface area contributed by atoms with Crippen molar-refractivity contribution in [1.82, 2.24) is 9.55 Å². The molecule has 0 radical (unpaired) electrons. The maximum atomic E-state index is 11.6. The Morgan fingerprint density at radius 3 is 2.86 bits per heavy atom. The van der Waals surface area contributed by atoms with Crippen molar-refractivity contribution in [3.8, 4) is 0 Å². The molecular formula is C15H17ClN2O2S. The molecule has 1 aliphatic carbocycles.